The zero-order valence-electron chi connectivity index (χ0n) is 13.9. The second-order valence-corrected chi connectivity index (χ2v) is 5.82. The normalized spacial score (nSPS) is 14.1. The van der Waals surface area contributed by atoms with Gasteiger partial charge < -0.3 is 15.5 Å². The first-order valence-electron chi connectivity index (χ1n) is 7.95. The second-order valence-electron chi connectivity index (χ2n) is 5.82. The molecule has 1 saturated heterocycles. The molecule has 10 heteroatoms. The third-order valence-electron chi connectivity index (χ3n) is 3.99. The van der Waals surface area contributed by atoms with Gasteiger partial charge >= 0.3 is 0 Å². The van der Waals surface area contributed by atoms with Crippen molar-refractivity contribution in [3.63, 3.8) is 0 Å². The van der Waals surface area contributed by atoms with E-state index in [9.17, 15) is 27.2 Å². The number of carbonyl (C=O) groups excluding carboxylic acids is 2. The summed E-state index contributed by atoms with van der Waals surface area (Å²) in [7, 11) is 0. The van der Waals surface area contributed by atoms with Gasteiger partial charge in [0, 0.05) is 25.2 Å². The van der Waals surface area contributed by atoms with Crippen molar-refractivity contribution in [2.24, 2.45) is 0 Å². The molecule has 0 aliphatic carbocycles. The molecule has 0 saturated carbocycles. The molecule has 1 aromatic carbocycles. The van der Waals surface area contributed by atoms with Crippen molar-refractivity contribution in [1.82, 2.24) is 15.2 Å². The van der Waals surface area contributed by atoms with Gasteiger partial charge in [-0.05, 0) is 17.7 Å². The van der Waals surface area contributed by atoms with Crippen molar-refractivity contribution in [2.75, 3.05) is 25.0 Å². The predicted molar refractivity (Wildman–Crippen MR) is 86.8 cm³/mol. The molecule has 3 rings (SSSR count). The molecule has 1 fully saturated rings. The van der Waals surface area contributed by atoms with Crippen LogP contribution in [0, 0.1) is 23.5 Å². The SMILES string of the molecule is O=C1CN(C(=O)c2ccc(CNc3c(F)c(F)nc(F)c3F)cc2)CCN1. The van der Waals surface area contributed by atoms with Crippen LogP contribution in [0.15, 0.2) is 24.3 Å². The monoisotopic (exact) mass is 382 g/mol. The average Bonchev–Trinajstić information content (AvgIpc) is 2.66. The van der Waals surface area contributed by atoms with E-state index < -0.39 is 29.2 Å². The van der Waals surface area contributed by atoms with E-state index in [1.165, 1.54) is 29.2 Å². The Morgan fingerprint density at radius 3 is 2.33 bits per heavy atom. The number of anilines is 1. The number of hydrogen-bond donors (Lipinski definition) is 2. The third-order valence-corrected chi connectivity index (χ3v) is 3.99. The summed E-state index contributed by atoms with van der Waals surface area (Å²) in [6, 6.07) is 6.03. The van der Waals surface area contributed by atoms with E-state index in [2.05, 4.69) is 15.6 Å². The Bertz CT molecular complexity index is 863. The summed E-state index contributed by atoms with van der Waals surface area (Å²) in [6.45, 7) is 0.603. The number of nitrogens with one attached hydrogen (secondary N) is 2. The Morgan fingerprint density at radius 2 is 1.74 bits per heavy atom. The van der Waals surface area contributed by atoms with Crippen molar-refractivity contribution in [3.8, 4) is 0 Å². The number of benzene rings is 1. The molecule has 6 nitrogen and oxygen atoms in total. The number of carbonyl (C=O) groups is 2. The van der Waals surface area contributed by atoms with E-state index in [1.807, 2.05) is 0 Å². The molecule has 1 aliphatic heterocycles. The molecule has 2 amide bonds. The largest absolute Gasteiger partial charge is 0.376 e. The molecule has 2 heterocycles. The van der Waals surface area contributed by atoms with Gasteiger partial charge in [-0.15, -0.1) is 0 Å². The van der Waals surface area contributed by atoms with E-state index in [-0.39, 0.29) is 24.9 Å². The second kappa shape index (κ2) is 7.60. The van der Waals surface area contributed by atoms with Gasteiger partial charge in [-0.3, -0.25) is 9.59 Å². The number of nitrogens with zero attached hydrogens (tertiary/aromatic N) is 2. The van der Waals surface area contributed by atoms with Gasteiger partial charge in [-0.2, -0.15) is 22.5 Å². The van der Waals surface area contributed by atoms with E-state index in [0.717, 1.165) is 0 Å². The van der Waals surface area contributed by atoms with Gasteiger partial charge in [-0.1, -0.05) is 12.1 Å². The number of halogens is 4. The minimum atomic E-state index is -1.75. The first-order chi connectivity index (χ1) is 12.9. The summed E-state index contributed by atoms with van der Waals surface area (Å²) in [5, 5.41) is 4.90. The highest BCUT2D eigenvalue weighted by Gasteiger charge is 2.22. The minimum Gasteiger partial charge on any atom is -0.376 e. The van der Waals surface area contributed by atoms with E-state index >= 15 is 0 Å². The molecule has 0 spiro atoms. The number of pyridine rings is 1. The molecule has 0 atom stereocenters. The molecule has 27 heavy (non-hydrogen) atoms. The summed E-state index contributed by atoms with van der Waals surface area (Å²) < 4.78 is 53.3. The number of amides is 2. The Balaban J connectivity index is 1.68. The fraction of sp³-hybridized carbons (Fsp3) is 0.235. The van der Waals surface area contributed by atoms with Gasteiger partial charge in [0.15, 0.2) is 0 Å². The summed E-state index contributed by atoms with van der Waals surface area (Å²) in [5.74, 6) is -7.30. The van der Waals surface area contributed by atoms with Crippen molar-refractivity contribution in [2.45, 2.75) is 6.54 Å². The standard InChI is InChI=1S/C17H14F4N4O2/c18-12-14(13(19)16(21)24-15(12)20)23-7-9-1-3-10(4-2-9)17(27)25-6-5-22-11(26)8-25/h1-4H,5-8H2,(H,22,26)(H,23,24). The van der Waals surface area contributed by atoms with Crippen LogP contribution in [0.4, 0.5) is 23.2 Å². The van der Waals surface area contributed by atoms with Crippen molar-refractivity contribution >= 4 is 17.5 Å². The zero-order chi connectivity index (χ0) is 19.6. The topological polar surface area (TPSA) is 74.3 Å². The third kappa shape index (κ3) is 3.99. The maximum Gasteiger partial charge on any atom is 0.254 e. The van der Waals surface area contributed by atoms with Crippen molar-refractivity contribution in [1.29, 1.82) is 0 Å². The summed E-state index contributed by atoms with van der Waals surface area (Å²) in [5.41, 5.74) is -0.106. The van der Waals surface area contributed by atoms with Gasteiger partial charge in [0.2, 0.25) is 17.5 Å². The molecule has 142 valence electrons. The maximum atomic E-state index is 13.6. The number of aromatic nitrogens is 1. The first kappa shape index (κ1) is 18.6. The van der Waals surface area contributed by atoms with Gasteiger partial charge in [0.25, 0.3) is 17.8 Å². The molecule has 1 aliphatic rings. The van der Waals surface area contributed by atoms with E-state index in [4.69, 9.17) is 0 Å². The summed E-state index contributed by atoms with van der Waals surface area (Å²) in [4.78, 5) is 27.6. The molecular formula is C17H14F4N4O2. The van der Waals surface area contributed by atoms with Crippen LogP contribution in [-0.4, -0.2) is 41.3 Å². The highest BCUT2D eigenvalue weighted by molar-refractivity contribution is 5.97. The molecule has 2 N–H and O–H groups in total. The van der Waals surface area contributed by atoms with Gasteiger partial charge in [-0.25, -0.2) is 0 Å². The Morgan fingerprint density at radius 1 is 1.11 bits per heavy atom. The quantitative estimate of drug-likeness (QED) is 0.625. The molecule has 2 aromatic rings. The van der Waals surface area contributed by atoms with Crippen LogP contribution < -0.4 is 10.6 Å². The Hall–Kier alpha value is -3.17. The molecule has 0 bridgehead atoms. The Labute approximate surface area is 151 Å². The van der Waals surface area contributed by atoms with Crippen LogP contribution in [0.1, 0.15) is 15.9 Å². The van der Waals surface area contributed by atoms with Crippen LogP contribution in [0.25, 0.3) is 0 Å². The molecular weight excluding hydrogens is 368 g/mol. The summed E-state index contributed by atoms with van der Waals surface area (Å²) in [6.07, 6.45) is 0. The maximum absolute atomic E-state index is 13.6. The molecule has 0 radical (unpaired) electrons. The fourth-order valence-electron chi connectivity index (χ4n) is 2.59. The highest BCUT2D eigenvalue weighted by atomic mass is 19.2. The van der Waals surface area contributed by atoms with E-state index in [0.29, 0.717) is 24.2 Å². The fourth-order valence-corrected chi connectivity index (χ4v) is 2.59. The number of rotatable bonds is 4. The lowest BCUT2D eigenvalue weighted by Gasteiger charge is -2.26. The average molecular weight is 382 g/mol. The van der Waals surface area contributed by atoms with Crippen LogP contribution >= 0.6 is 0 Å². The Kier molecular flexibility index (Phi) is 5.24. The molecule has 0 unspecified atom stereocenters. The molecule has 1 aromatic heterocycles. The van der Waals surface area contributed by atoms with Gasteiger partial charge in [0.05, 0.1) is 6.54 Å². The summed E-state index contributed by atoms with van der Waals surface area (Å²) >= 11 is 0. The van der Waals surface area contributed by atoms with Gasteiger partial charge in [0.1, 0.15) is 5.69 Å². The van der Waals surface area contributed by atoms with Crippen LogP contribution in [0.3, 0.4) is 0 Å². The van der Waals surface area contributed by atoms with Crippen LogP contribution in [0.2, 0.25) is 0 Å². The predicted octanol–water partition coefficient (Wildman–Crippen LogP) is 1.82. The minimum absolute atomic E-state index is 0.0279. The van der Waals surface area contributed by atoms with Crippen molar-refractivity contribution < 1.29 is 27.2 Å². The number of piperazine rings is 1. The first-order valence-corrected chi connectivity index (χ1v) is 7.95. The lowest BCUT2D eigenvalue weighted by atomic mass is 10.1. The number of hydrogen-bond acceptors (Lipinski definition) is 4. The lowest BCUT2D eigenvalue weighted by Crippen LogP contribution is -2.49. The zero-order valence-corrected chi connectivity index (χ0v) is 13.9. The van der Waals surface area contributed by atoms with E-state index in [1.54, 1.807) is 0 Å². The lowest BCUT2D eigenvalue weighted by molar-refractivity contribution is -0.123. The van der Waals surface area contributed by atoms with Crippen molar-refractivity contribution in [3.05, 3.63) is 58.9 Å². The van der Waals surface area contributed by atoms with Crippen LogP contribution in [-0.2, 0) is 11.3 Å². The van der Waals surface area contributed by atoms with Crippen LogP contribution in [0.5, 0.6) is 0 Å². The smallest absolute Gasteiger partial charge is 0.254 e. The highest BCUT2D eigenvalue weighted by Crippen LogP contribution is 2.22.